The molecule has 0 aliphatic rings. The van der Waals surface area contributed by atoms with Crippen LogP contribution in [0.4, 0.5) is 4.39 Å². The lowest BCUT2D eigenvalue weighted by molar-refractivity contribution is -0.120. The molecule has 1 rings (SSSR count). The van der Waals surface area contributed by atoms with Crippen LogP contribution in [0.5, 0.6) is 0 Å². The molecule has 18 heavy (non-hydrogen) atoms. The average Bonchev–Trinajstić information content (AvgIpc) is 2.31. The summed E-state index contributed by atoms with van der Waals surface area (Å²) in [5.74, 6) is -0.473. The summed E-state index contributed by atoms with van der Waals surface area (Å²) < 4.78 is 12.7. The Balaban J connectivity index is 2.54. The Morgan fingerprint density at radius 3 is 2.56 bits per heavy atom. The van der Waals surface area contributed by atoms with E-state index in [1.807, 2.05) is 6.92 Å². The van der Waals surface area contributed by atoms with Gasteiger partial charge < -0.3 is 11.1 Å². The van der Waals surface area contributed by atoms with Gasteiger partial charge in [0.25, 0.3) is 0 Å². The molecule has 0 fully saturated rings. The number of carbonyl (C=O) groups is 1. The zero-order valence-electron chi connectivity index (χ0n) is 10.3. The molecule has 1 unspecified atom stereocenters. The second-order valence-corrected chi connectivity index (χ2v) is 4.59. The van der Waals surface area contributed by atoms with Gasteiger partial charge in [-0.15, -0.1) is 0 Å². The van der Waals surface area contributed by atoms with Gasteiger partial charge in [0.05, 0.1) is 17.5 Å². The van der Waals surface area contributed by atoms with Gasteiger partial charge in [-0.25, -0.2) is 4.39 Å². The molecular weight excluding hydrogens is 251 g/mol. The molecule has 1 amide bonds. The number of benzene rings is 1. The van der Waals surface area contributed by atoms with E-state index < -0.39 is 0 Å². The number of rotatable bonds is 6. The lowest BCUT2D eigenvalue weighted by Crippen LogP contribution is -2.43. The highest BCUT2D eigenvalue weighted by atomic mass is 32.1. The molecule has 0 aromatic heterocycles. The van der Waals surface area contributed by atoms with Gasteiger partial charge in [-0.1, -0.05) is 37.7 Å². The fraction of sp³-hybridized carbons (Fsp3) is 0.385. The van der Waals surface area contributed by atoms with Gasteiger partial charge in [0.15, 0.2) is 0 Å². The molecule has 98 valence electrons. The molecule has 0 saturated carbocycles. The Morgan fingerprint density at radius 1 is 1.44 bits per heavy atom. The number of hydrogen-bond donors (Lipinski definition) is 2. The van der Waals surface area contributed by atoms with E-state index in [2.05, 4.69) is 5.32 Å². The first-order chi connectivity index (χ1) is 8.52. The highest BCUT2D eigenvalue weighted by Gasteiger charge is 2.14. The molecule has 0 aliphatic heterocycles. The molecule has 0 aliphatic carbocycles. The number of nitrogens with one attached hydrogen (secondary N) is 1. The Kier molecular flexibility index (Phi) is 5.71. The molecule has 0 radical (unpaired) electrons. The van der Waals surface area contributed by atoms with E-state index in [9.17, 15) is 9.18 Å². The van der Waals surface area contributed by atoms with Crippen LogP contribution in [-0.2, 0) is 11.2 Å². The quantitative estimate of drug-likeness (QED) is 0.775. The summed E-state index contributed by atoms with van der Waals surface area (Å²) in [5.41, 5.74) is 6.31. The van der Waals surface area contributed by atoms with Crippen LogP contribution >= 0.6 is 12.2 Å². The van der Waals surface area contributed by atoms with E-state index in [0.717, 1.165) is 18.4 Å². The lowest BCUT2D eigenvalue weighted by atomic mass is 10.1. The molecule has 0 saturated heterocycles. The largest absolute Gasteiger partial charge is 0.392 e. The molecule has 0 heterocycles. The van der Waals surface area contributed by atoms with Gasteiger partial charge in [-0.2, -0.15) is 0 Å². The summed E-state index contributed by atoms with van der Waals surface area (Å²) >= 11 is 4.90. The molecule has 3 N–H and O–H groups in total. The van der Waals surface area contributed by atoms with Crippen molar-refractivity contribution in [2.24, 2.45) is 5.73 Å². The first-order valence-electron chi connectivity index (χ1n) is 5.86. The normalized spacial score (nSPS) is 11.9. The van der Waals surface area contributed by atoms with Crippen molar-refractivity contribution in [3.05, 3.63) is 35.6 Å². The van der Waals surface area contributed by atoms with E-state index in [-0.39, 0.29) is 24.2 Å². The Hall–Kier alpha value is -1.49. The monoisotopic (exact) mass is 268 g/mol. The summed E-state index contributed by atoms with van der Waals surface area (Å²) in [4.78, 5) is 12.1. The van der Waals surface area contributed by atoms with Crippen molar-refractivity contribution in [3.63, 3.8) is 0 Å². The predicted molar refractivity (Wildman–Crippen MR) is 73.7 cm³/mol. The molecule has 1 aromatic rings. The summed E-state index contributed by atoms with van der Waals surface area (Å²) in [6.45, 7) is 2.00. The minimum absolute atomic E-state index is 0.159. The first kappa shape index (κ1) is 14.6. The third kappa shape index (κ3) is 4.79. The number of thiocarbonyl (C=S) groups is 1. The van der Waals surface area contributed by atoms with E-state index in [1.165, 1.54) is 12.1 Å². The van der Waals surface area contributed by atoms with Crippen molar-refractivity contribution in [2.75, 3.05) is 0 Å². The zero-order valence-corrected chi connectivity index (χ0v) is 11.1. The van der Waals surface area contributed by atoms with Crippen molar-refractivity contribution in [1.82, 2.24) is 5.32 Å². The second-order valence-electron chi connectivity index (χ2n) is 4.11. The highest BCUT2D eigenvalue weighted by Crippen LogP contribution is 2.04. The molecule has 0 spiro atoms. The third-order valence-electron chi connectivity index (χ3n) is 2.53. The van der Waals surface area contributed by atoms with Crippen molar-refractivity contribution >= 4 is 23.1 Å². The molecule has 1 aromatic carbocycles. The predicted octanol–water partition coefficient (Wildman–Crippen LogP) is 1.94. The van der Waals surface area contributed by atoms with Crippen molar-refractivity contribution in [2.45, 2.75) is 32.2 Å². The fourth-order valence-electron chi connectivity index (χ4n) is 1.61. The SMILES string of the molecule is CCCC(NC(=O)Cc1ccc(F)cc1)C(N)=S. The molecule has 1 atom stereocenters. The van der Waals surface area contributed by atoms with Gasteiger partial charge in [0, 0.05) is 0 Å². The molecule has 5 heteroatoms. The Morgan fingerprint density at radius 2 is 2.06 bits per heavy atom. The van der Waals surface area contributed by atoms with E-state index in [4.69, 9.17) is 18.0 Å². The number of amides is 1. The van der Waals surface area contributed by atoms with Crippen molar-refractivity contribution in [3.8, 4) is 0 Å². The van der Waals surface area contributed by atoms with Gasteiger partial charge in [-0.3, -0.25) is 4.79 Å². The van der Waals surface area contributed by atoms with Crippen LogP contribution < -0.4 is 11.1 Å². The van der Waals surface area contributed by atoms with E-state index in [1.54, 1.807) is 12.1 Å². The third-order valence-corrected chi connectivity index (χ3v) is 2.82. The smallest absolute Gasteiger partial charge is 0.224 e. The van der Waals surface area contributed by atoms with Gasteiger partial charge in [0.1, 0.15) is 5.82 Å². The van der Waals surface area contributed by atoms with E-state index >= 15 is 0 Å². The number of carbonyl (C=O) groups excluding carboxylic acids is 1. The van der Waals surface area contributed by atoms with Gasteiger partial charge >= 0.3 is 0 Å². The van der Waals surface area contributed by atoms with Crippen LogP contribution in [0.15, 0.2) is 24.3 Å². The van der Waals surface area contributed by atoms with Crippen molar-refractivity contribution in [1.29, 1.82) is 0 Å². The maximum Gasteiger partial charge on any atom is 0.224 e. The maximum absolute atomic E-state index is 12.7. The fourth-order valence-corrected chi connectivity index (χ4v) is 1.78. The topological polar surface area (TPSA) is 55.1 Å². The molecule has 0 bridgehead atoms. The summed E-state index contributed by atoms with van der Waals surface area (Å²) in [5, 5.41) is 2.78. The summed E-state index contributed by atoms with van der Waals surface area (Å²) in [6.07, 6.45) is 1.81. The Labute approximate surface area is 112 Å². The molecular formula is C13H17FN2OS. The molecule has 3 nitrogen and oxygen atoms in total. The van der Waals surface area contributed by atoms with Crippen LogP contribution in [0.2, 0.25) is 0 Å². The Bertz CT molecular complexity index is 420. The van der Waals surface area contributed by atoms with Crippen LogP contribution in [0.1, 0.15) is 25.3 Å². The van der Waals surface area contributed by atoms with E-state index in [0.29, 0.717) is 4.99 Å². The zero-order chi connectivity index (χ0) is 13.5. The summed E-state index contributed by atoms with van der Waals surface area (Å²) in [6, 6.07) is 5.58. The number of nitrogens with two attached hydrogens (primary N) is 1. The minimum atomic E-state index is -0.314. The van der Waals surface area contributed by atoms with Gasteiger partial charge in [-0.05, 0) is 24.1 Å². The maximum atomic E-state index is 12.7. The highest BCUT2D eigenvalue weighted by molar-refractivity contribution is 7.80. The second kappa shape index (κ2) is 7.06. The first-order valence-corrected chi connectivity index (χ1v) is 6.27. The minimum Gasteiger partial charge on any atom is -0.392 e. The van der Waals surface area contributed by atoms with Crippen LogP contribution in [-0.4, -0.2) is 16.9 Å². The average molecular weight is 268 g/mol. The van der Waals surface area contributed by atoms with Crippen molar-refractivity contribution < 1.29 is 9.18 Å². The summed E-state index contributed by atoms with van der Waals surface area (Å²) in [7, 11) is 0. The van der Waals surface area contributed by atoms with Crippen LogP contribution in [0.3, 0.4) is 0 Å². The van der Waals surface area contributed by atoms with Crippen LogP contribution in [0.25, 0.3) is 0 Å². The standard InChI is InChI=1S/C13H17FN2OS/c1-2-3-11(13(15)18)16-12(17)8-9-4-6-10(14)7-5-9/h4-7,11H,2-3,8H2,1H3,(H2,15,18)(H,16,17). The lowest BCUT2D eigenvalue weighted by Gasteiger charge is -2.16. The van der Waals surface area contributed by atoms with Gasteiger partial charge in [0.2, 0.25) is 5.91 Å². The number of halogens is 1. The van der Waals surface area contributed by atoms with Crippen LogP contribution in [0, 0.1) is 5.82 Å². The number of hydrogen-bond acceptors (Lipinski definition) is 2.